The van der Waals surface area contributed by atoms with Crippen molar-refractivity contribution in [3.8, 4) is 0 Å². The number of rotatable bonds is 5. The molecule has 0 spiro atoms. The third-order valence-electron chi connectivity index (χ3n) is 3.54. The van der Waals surface area contributed by atoms with E-state index in [1.54, 1.807) is 12.3 Å². The molecule has 18 heavy (non-hydrogen) atoms. The summed E-state index contributed by atoms with van der Waals surface area (Å²) in [4.78, 5) is 3.83. The fourth-order valence-electron chi connectivity index (χ4n) is 2.55. The molecule has 1 aromatic rings. The summed E-state index contributed by atoms with van der Waals surface area (Å²) in [5, 5.41) is 3.41. The number of nitrogens with zero attached hydrogens (tertiary/aromatic N) is 1. The van der Waals surface area contributed by atoms with Crippen molar-refractivity contribution in [3.05, 3.63) is 29.8 Å². The van der Waals surface area contributed by atoms with E-state index in [9.17, 15) is 4.39 Å². The molecule has 1 N–H and O–H groups in total. The molecule has 2 rings (SSSR count). The topological polar surface area (TPSA) is 24.9 Å². The van der Waals surface area contributed by atoms with Crippen LogP contribution >= 0.6 is 11.8 Å². The molecule has 0 saturated carbocycles. The van der Waals surface area contributed by atoms with Gasteiger partial charge in [-0.2, -0.15) is 11.8 Å². The van der Waals surface area contributed by atoms with Crippen molar-refractivity contribution in [3.63, 3.8) is 0 Å². The Balaban J connectivity index is 2.05. The summed E-state index contributed by atoms with van der Waals surface area (Å²) in [6.07, 6.45) is 6.56. The van der Waals surface area contributed by atoms with E-state index in [1.807, 2.05) is 11.8 Å². The highest BCUT2D eigenvalue weighted by Crippen LogP contribution is 2.31. The summed E-state index contributed by atoms with van der Waals surface area (Å²) < 4.78 is 13.8. The smallest absolute Gasteiger partial charge is 0.146 e. The van der Waals surface area contributed by atoms with Crippen LogP contribution in [0.4, 0.5) is 4.39 Å². The minimum atomic E-state index is -0.186. The Morgan fingerprint density at radius 3 is 2.94 bits per heavy atom. The predicted octanol–water partition coefficient (Wildman–Crippen LogP) is 3.40. The molecule has 1 aromatic heterocycles. The van der Waals surface area contributed by atoms with Crippen molar-refractivity contribution < 1.29 is 4.39 Å². The Kier molecular flexibility index (Phi) is 5.45. The van der Waals surface area contributed by atoms with Crippen molar-refractivity contribution in [2.45, 2.75) is 32.2 Å². The lowest BCUT2D eigenvalue weighted by atomic mass is 9.91. The van der Waals surface area contributed by atoms with Crippen molar-refractivity contribution in [1.29, 1.82) is 0 Å². The number of pyridine rings is 1. The quantitative estimate of drug-likeness (QED) is 0.886. The standard InChI is InChI=1S/C14H21FN2S/c1-2-17-14(9-11-4-7-18-8-5-11)12-3-6-16-10-13(12)15/h3,6,10-11,14,17H,2,4-5,7-9H2,1H3. The van der Waals surface area contributed by atoms with E-state index in [4.69, 9.17) is 0 Å². The Hall–Kier alpha value is -0.610. The van der Waals surface area contributed by atoms with Crippen LogP contribution in [0.25, 0.3) is 0 Å². The van der Waals surface area contributed by atoms with Gasteiger partial charge in [-0.05, 0) is 49.3 Å². The average Bonchev–Trinajstić information content (AvgIpc) is 2.40. The molecule has 0 aliphatic carbocycles. The third-order valence-corrected chi connectivity index (χ3v) is 4.59. The van der Waals surface area contributed by atoms with Crippen LogP contribution in [0.5, 0.6) is 0 Å². The van der Waals surface area contributed by atoms with Crippen molar-refractivity contribution in [1.82, 2.24) is 10.3 Å². The Morgan fingerprint density at radius 2 is 2.28 bits per heavy atom. The molecule has 2 heterocycles. The molecule has 100 valence electrons. The van der Waals surface area contributed by atoms with Gasteiger partial charge in [0.2, 0.25) is 0 Å². The minimum Gasteiger partial charge on any atom is -0.310 e. The number of thioether (sulfide) groups is 1. The molecule has 1 unspecified atom stereocenters. The molecule has 0 amide bonds. The van der Waals surface area contributed by atoms with Crippen LogP contribution in [-0.2, 0) is 0 Å². The fourth-order valence-corrected chi connectivity index (χ4v) is 3.75. The highest BCUT2D eigenvalue weighted by Gasteiger charge is 2.21. The summed E-state index contributed by atoms with van der Waals surface area (Å²) in [5.74, 6) is 3.04. The van der Waals surface area contributed by atoms with Crippen LogP contribution in [0.3, 0.4) is 0 Å². The summed E-state index contributed by atoms with van der Waals surface area (Å²) in [6.45, 7) is 2.94. The highest BCUT2D eigenvalue weighted by molar-refractivity contribution is 7.99. The van der Waals surface area contributed by atoms with E-state index >= 15 is 0 Å². The summed E-state index contributed by atoms with van der Waals surface area (Å²) in [7, 11) is 0. The first kappa shape index (κ1) is 13.8. The van der Waals surface area contributed by atoms with E-state index in [-0.39, 0.29) is 11.9 Å². The zero-order chi connectivity index (χ0) is 12.8. The SMILES string of the molecule is CCNC(CC1CCSCC1)c1ccncc1F. The predicted molar refractivity (Wildman–Crippen MR) is 75.3 cm³/mol. The van der Waals surface area contributed by atoms with Gasteiger partial charge in [0.1, 0.15) is 5.82 Å². The second kappa shape index (κ2) is 7.10. The molecule has 1 saturated heterocycles. The molecule has 1 atom stereocenters. The van der Waals surface area contributed by atoms with Crippen LogP contribution in [0.1, 0.15) is 37.8 Å². The first-order valence-corrected chi connectivity index (χ1v) is 7.87. The van der Waals surface area contributed by atoms with Crippen molar-refractivity contribution in [2.75, 3.05) is 18.1 Å². The van der Waals surface area contributed by atoms with Gasteiger partial charge in [0.05, 0.1) is 6.20 Å². The lowest BCUT2D eigenvalue weighted by Gasteiger charge is -2.27. The second-order valence-electron chi connectivity index (χ2n) is 4.80. The monoisotopic (exact) mass is 268 g/mol. The molecule has 1 aliphatic heterocycles. The van der Waals surface area contributed by atoms with Crippen LogP contribution in [0.15, 0.2) is 18.5 Å². The highest BCUT2D eigenvalue weighted by atomic mass is 32.2. The van der Waals surface area contributed by atoms with Crippen LogP contribution in [0.2, 0.25) is 0 Å². The molecule has 0 aromatic carbocycles. The lowest BCUT2D eigenvalue weighted by Crippen LogP contribution is -2.25. The molecule has 2 nitrogen and oxygen atoms in total. The number of hydrogen-bond donors (Lipinski definition) is 1. The van der Waals surface area contributed by atoms with Crippen molar-refractivity contribution in [2.24, 2.45) is 5.92 Å². The Bertz CT molecular complexity index is 367. The molecular formula is C14H21FN2S. The lowest BCUT2D eigenvalue weighted by molar-refractivity contribution is 0.366. The molecule has 1 fully saturated rings. The van der Waals surface area contributed by atoms with E-state index in [1.165, 1.54) is 30.5 Å². The van der Waals surface area contributed by atoms with E-state index in [0.717, 1.165) is 24.4 Å². The van der Waals surface area contributed by atoms with Gasteiger partial charge in [-0.15, -0.1) is 0 Å². The first-order chi connectivity index (χ1) is 8.81. The number of halogens is 1. The van der Waals surface area contributed by atoms with Gasteiger partial charge < -0.3 is 5.32 Å². The van der Waals surface area contributed by atoms with Gasteiger partial charge >= 0.3 is 0 Å². The summed E-state index contributed by atoms with van der Waals surface area (Å²) in [5.41, 5.74) is 0.769. The van der Waals surface area contributed by atoms with E-state index < -0.39 is 0 Å². The largest absolute Gasteiger partial charge is 0.310 e. The van der Waals surface area contributed by atoms with E-state index in [2.05, 4.69) is 17.2 Å². The summed E-state index contributed by atoms with van der Waals surface area (Å²) in [6, 6.07) is 1.94. The van der Waals surface area contributed by atoms with Crippen LogP contribution in [-0.4, -0.2) is 23.0 Å². The normalized spacial score (nSPS) is 18.8. The maximum absolute atomic E-state index is 13.8. The minimum absolute atomic E-state index is 0.131. The first-order valence-electron chi connectivity index (χ1n) is 6.71. The second-order valence-corrected chi connectivity index (χ2v) is 6.02. The number of nitrogens with one attached hydrogen (secondary N) is 1. The Labute approximate surface area is 113 Å². The van der Waals surface area contributed by atoms with Gasteiger partial charge in [0, 0.05) is 17.8 Å². The number of hydrogen-bond acceptors (Lipinski definition) is 3. The molecule has 1 aliphatic rings. The third kappa shape index (κ3) is 3.69. The van der Waals surface area contributed by atoms with Crippen LogP contribution in [0, 0.1) is 11.7 Å². The zero-order valence-corrected chi connectivity index (χ0v) is 11.7. The summed E-state index contributed by atoms with van der Waals surface area (Å²) >= 11 is 2.03. The van der Waals surface area contributed by atoms with Gasteiger partial charge in [0.25, 0.3) is 0 Å². The van der Waals surface area contributed by atoms with Gasteiger partial charge in [0.15, 0.2) is 0 Å². The average molecular weight is 268 g/mol. The number of aromatic nitrogens is 1. The van der Waals surface area contributed by atoms with E-state index in [0.29, 0.717) is 0 Å². The Morgan fingerprint density at radius 1 is 1.50 bits per heavy atom. The van der Waals surface area contributed by atoms with Gasteiger partial charge in [-0.1, -0.05) is 6.92 Å². The maximum atomic E-state index is 13.8. The van der Waals surface area contributed by atoms with Crippen LogP contribution < -0.4 is 5.32 Å². The van der Waals surface area contributed by atoms with Crippen molar-refractivity contribution >= 4 is 11.8 Å². The molecule has 0 radical (unpaired) electrons. The molecular weight excluding hydrogens is 247 g/mol. The zero-order valence-electron chi connectivity index (χ0n) is 10.9. The molecule has 0 bridgehead atoms. The fraction of sp³-hybridized carbons (Fsp3) is 0.643. The maximum Gasteiger partial charge on any atom is 0.146 e. The van der Waals surface area contributed by atoms with Gasteiger partial charge in [-0.3, -0.25) is 4.98 Å². The van der Waals surface area contributed by atoms with Gasteiger partial charge in [-0.25, -0.2) is 4.39 Å². The molecule has 4 heteroatoms.